The Morgan fingerprint density at radius 2 is 2.13 bits per heavy atom. The number of piperidine rings is 1. The Morgan fingerprint density at radius 3 is 2.93 bits per heavy atom. The molecule has 0 radical (unpaired) electrons. The van der Waals surface area contributed by atoms with Gasteiger partial charge in [-0.3, -0.25) is 9.78 Å². The molecule has 1 fully saturated rings. The van der Waals surface area contributed by atoms with Gasteiger partial charge in [-0.15, -0.1) is 17.8 Å². The molecule has 8 heteroatoms. The minimum atomic E-state index is -0.379. The number of carbonyl (C=O) groups is 2. The van der Waals surface area contributed by atoms with Crippen LogP contribution in [0.4, 0.5) is 10.5 Å². The molecule has 4 rings (SSSR count). The first-order valence-electron chi connectivity index (χ1n) is 9.61. The summed E-state index contributed by atoms with van der Waals surface area (Å²) in [5.41, 5.74) is 1.98. The third kappa shape index (κ3) is 4.42. The molecule has 0 aliphatic carbocycles. The van der Waals surface area contributed by atoms with E-state index in [9.17, 15) is 9.59 Å². The first-order valence-corrected chi connectivity index (χ1v) is 10.5. The molecule has 3 aromatic rings. The molecule has 2 aromatic heterocycles. The quantitative estimate of drug-likeness (QED) is 0.647. The van der Waals surface area contributed by atoms with Gasteiger partial charge in [-0.25, -0.2) is 9.78 Å². The highest BCUT2D eigenvalue weighted by atomic mass is 32.1. The number of hydrogen-bond acceptors (Lipinski definition) is 6. The van der Waals surface area contributed by atoms with Crippen molar-refractivity contribution in [3.05, 3.63) is 52.6 Å². The maximum Gasteiger partial charge on any atom is 0.410 e. The third-order valence-corrected chi connectivity index (χ3v) is 6.00. The number of carbonyl (C=O) groups excluding carboxylic acids is 2. The van der Waals surface area contributed by atoms with E-state index in [2.05, 4.69) is 21.2 Å². The van der Waals surface area contributed by atoms with Crippen molar-refractivity contribution in [1.82, 2.24) is 14.9 Å². The standard InChI is InChI=1S/C22H20N4O3S/c1-2-12-29-22(28)26-10-7-15(8-11-26)21-25-19(14-30-21)20(27)24-17-5-6-18-16(13-17)4-3-9-23-18/h1,3-6,9,13-15H,7-8,10-12H2,(H,24,27). The first kappa shape index (κ1) is 19.9. The molecule has 0 unspecified atom stereocenters. The summed E-state index contributed by atoms with van der Waals surface area (Å²) in [7, 11) is 0. The van der Waals surface area contributed by atoms with Crippen molar-refractivity contribution in [1.29, 1.82) is 0 Å². The van der Waals surface area contributed by atoms with Crippen LogP contribution in [0.1, 0.15) is 34.3 Å². The summed E-state index contributed by atoms with van der Waals surface area (Å²) in [4.78, 5) is 35.0. The van der Waals surface area contributed by atoms with Crippen LogP contribution < -0.4 is 5.32 Å². The van der Waals surface area contributed by atoms with Gasteiger partial charge in [0.1, 0.15) is 5.69 Å². The SMILES string of the molecule is C#CCOC(=O)N1CCC(c2nc(C(=O)Nc3ccc4ncccc4c3)cs2)CC1. The average molecular weight is 420 g/mol. The highest BCUT2D eigenvalue weighted by molar-refractivity contribution is 7.10. The molecule has 1 aromatic carbocycles. The third-order valence-electron chi connectivity index (χ3n) is 5.00. The van der Waals surface area contributed by atoms with Crippen LogP contribution in [-0.4, -0.2) is 46.6 Å². The number of likely N-dealkylation sites (tertiary alicyclic amines) is 1. The molecule has 1 aliphatic heterocycles. The minimum Gasteiger partial charge on any atom is -0.436 e. The lowest BCUT2D eigenvalue weighted by Crippen LogP contribution is -2.38. The summed E-state index contributed by atoms with van der Waals surface area (Å²) < 4.78 is 4.97. The van der Waals surface area contributed by atoms with E-state index in [0.29, 0.717) is 24.5 Å². The lowest BCUT2D eigenvalue weighted by molar-refractivity contribution is 0.102. The molecule has 1 N–H and O–H groups in total. The number of anilines is 1. The number of terminal acetylenes is 1. The van der Waals surface area contributed by atoms with Gasteiger partial charge in [-0.05, 0) is 37.1 Å². The predicted molar refractivity (Wildman–Crippen MR) is 116 cm³/mol. The second kappa shape index (κ2) is 8.93. The van der Waals surface area contributed by atoms with Crippen molar-refractivity contribution < 1.29 is 14.3 Å². The van der Waals surface area contributed by atoms with E-state index in [0.717, 1.165) is 28.8 Å². The second-order valence-electron chi connectivity index (χ2n) is 6.96. The number of thiazole rings is 1. The number of amides is 2. The van der Waals surface area contributed by atoms with E-state index in [1.165, 1.54) is 11.3 Å². The monoisotopic (exact) mass is 420 g/mol. The van der Waals surface area contributed by atoms with Gasteiger partial charge in [0.15, 0.2) is 6.61 Å². The topological polar surface area (TPSA) is 84.4 Å². The van der Waals surface area contributed by atoms with E-state index in [-0.39, 0.29) is 24.5 Å². The van der Waals surface area contributed by atoms with Crippen LogP contribution in [0, 0.1) is 12.3 Å². The number of hydrogen-bond donors (Lipinski definition) is 1. The van der Waals surface area contributed by atoms with Crippen molar-refractivity contribution >= 4 is 39.9 Å². The van der Waals surface area contributed by atoms with Gasteiger partial charge in [-0.1, -0.05) is 12.0 Å². The van der Waals surface area contributed by atoms with Crippen LogP contribution in [0.15, 0.2) is 41.9 Å². The van der Waals surface area contributed by atoms with Gasteiger partial charge in [0, 0.05) is 41.7 Å². The molecule has 1 aliphatic rings. The van der Waals surface area contributed by atoms with Crippen LogP contribution >= 0.6 is 11.3 Å². The highest BCUT2D eigenvalue weighted by Crippen LogP contribution is 2.30. The Morgan fingerprint density at radius 1 is 1.30 bits per heavy atom. The van der Waals surface area contributed by atoms with E-state index >= 15 is 0 Å². The van der Waals surface area contributed by atoms with Crippen molar-refractivity contribution in [2.45, 2.75) is 18.8 Å². The molecule has 1 saturated heterocycles. The Bertz CT molecular complexity index is 1110. The number of benzene rings is 1. The zero-order valence-electron chi connectivity index (χ0n) is 16.2. The predicted octanol–water partition coefficient (Wildman–Crippen LogP) is 3.89. The normalized spacial score (nSPS) is 14.3. The Labute approximate surface area is 178 Å². The van der Waals surface area contributed by atoms with E-state index < -0.39 is 0 Å². The van der Waals surface area contributed by atoms with Crippen molar-refractivity contribution in [3.63, 3.8) is 0 Å². The smallest absolute Gasteiger partial charge is 0.410 e. The summed E-state index contributed by atoms with van der Waals surface area (Å²) in [6.07, 6.45) is 8.03. The summed E-state index contributed by atoms with van der Waals surface area (Å²) in [6, 6.07) is 9.41. The van der Waals surface area contributed by atoms with E-state index in [4.69, 9.17) is 11.2 Å². The zero-order chi connectivity index (χ0) is 20.9. The molecule has 0 saturated carbocycles. The second-order valence-corrected chi connectivity index (χ2v) is 7.85. The fourth-order valence-corrected chi connectivity index (χ4v) is 4.40. The molecule has 7 nitrogen and oxygen atoms in total. The van der Waals surface area contributed by atoms with Crippen LogP contribution in [0.2, 0.25) is 0 Å². The van der Waals surface area contributed by atoms with Gasteiger partial charge < -0.3 is 15.0 Å². The van der Waals surface area contributed by atoms with E-state index in [1.54, 1.807) is 16.5 Å². The van der Waals surface area contributed by atoms with Crippen LogP contribution in [-0.2, 0) is 4.74 Å². The molecular formula is C22H20N4O3S. The van der Waals surface area contributed by atoms with Crippen LogP contribution in [0.25, 0.3) is 10.9 Å². The highest BCUT2D eigenvalue weighted by Gasteiger charge is 2.27. The largest absolute Gasteiger partial charge is 0.436 e. The molecule has 2 amide bonds. The fourth-order valence-electron chi connectivity index (χ4n) is 3.43. The summed E-state index contributed by atoms with van der Waals surface area (Å²) in [5.74, 6) is 2.28. The minimum absolute atomic E-state index is 0.0164. The Balaban J connectivity index is 1.36. The first-order chi connectivity index (χ1) is 14.6. The van der Waals surface area contributed by atoms with Crippen molar-refractivity contribution in [2.24, 2.45) is 0 Å². The van der Waals surface area contributed by atoms with Crippen LogP contribution in [0.3, 0.4) is 0 Å². The number of fused-ring (bicyclic) bond motifs is 1. The van der Waals surface area contributed by atoms with Gasteiger partial charge in [0.05, 0.1) is 10.5 Å². The van der Waals surface area contributed by atoms with Gasteiger partial charge in [-0.2, -0.15) is 0 Å². The lowest BCUT2D eigenvalue weighted by atomic mass is 9.98. The van der Waals surface area contributed by atoms with Gasteiger partial charge in [0.25, 0.3) is 5.91 Å². The molecule has 0 bridgehead atoms. The molecule has 152 valence electrons. The average Bonchev–Trinajstić information content (AvgIpc) is 3.28. The van der Waals surface area contributed by atoms with Gasteiger partial charge in [0.2, 0.25) is 0 Å². The number of nitrogens with one attached hydrogen (secondary N) is 1. The number of pyridine rings is 1. The number of nitrogens with zero attached hydrogens (tertiary/aromatic N) is 3. The maximum absolute atomic E-state index is 12.6. The van der Waals surface area contributed by atoms with E-state index in [1.807, 2.05) is 30.3 Å². The summed E-state index contributed by atoms with van der Waals surface area (Å²) in [5, 5.41) is 6.55. The number of aromatic nitrogens is 2. The van der Waals surface area contributed by atoms with Gasteiger partial charge >= 0.3 is 6.09 Å². The molecule has 3 heterocycles. The summed E-state index contributed by atoms with van der Waals surface area (Å²) >= 11 is 1.48. The lowest BCUT2D eigenvalue weighted by Gasteiger charge is -2.30. The summed E-state index contributed by atoms with van der Waals surface area (Å²) in [6.45, 7) is 1.15. The molecule has 0 spiro atoms. The number of rotatable bonds is 4. The fraction of sp³-hybridized carbons (Fsp3) is 0.273. The maximum atomic E-state index is 12.6. The van der Waals surface area contributed by atoms with Crippen molar-refractivity contribution in [2.75, 3.05) is 25.0 Å². The Hall–Kier alpha value is -3.44. The molecule has 0 atom stereocenters. The van der Waals surface area contributed by atoms with Crippen LogP contribution in [0.5, 0.6) is 0 Å². The Kier molecular flexibility index (Phi) is 5.91. The zero-order valence-corrected chi connectivity index (χ0v) is 17.0. The number of ether oxygens (including phenoxy) is 1. The molecule has 30 heavy (non-hydrogen) atoms. The van der Waals surface area contributed by atoms with Crippen molar-refractivity contribution in [3.8, 4) is 12.3 Å². The molecular weight excluding hydrogens is 400 g/mol.